The molecule has 0 radical (unpaired) electrons. The summed E-state index contributed by atoms with van der Waals surface area (Å²) in [7, 11) is -1.30. The Bertz CT molecular complexity index is 332. The summed E-state index contributed by atoms with van der Waals surface area (Å²) in [5.41, 5.74) is 6.03. The van der Waals surface area contributed by atoms with Crippen molar-refractivity contribution in [3.63, 3.8) is 0 Å². The molecular weight excluding hydrogens is 186 g/mol. The van der Waals surface area contributed by atoms with Crippen LogP contribution in [0.25, 0.3) is 0 Å². The van der Waals surface area contributed by atoms with E-state index in [0.717, 1.165) is 5.56 Å². The minimum Gasteiger partial charge on any atom is -0.369 e. The quantitative estimate of drug-likeness (QED) is 0.770. The van der Waals surface area contributed by atoms with E-state index in [2.05, 4.69) is 0 Å². The van der Waals surface area contributed by atoms with E-state index < -0.39 is 16.7 Å². The second kappa shape index (κ2) is 4.18. The zero-order valence-electron chi connectivity index (χ0n) is 7.32. The molecule has 0 fully saturated rings. The Kier molecular flexibility index (Phi) is 3.19. The Balaban J connectivity index is 2.78. The lowest BCUT2D eigenvalue weighted by Gasteiger charge is -1.99. The van der Waals surface area contributed by atoms with Gasteiger partial charge in [-0.15, -0.1) is 0 Å². The smallest absolute Gasteiger partial charge is 0.230 e. The van der Waals surface area contributed by atoms with E-state index in [1.54, 1.807) is 12.1 Å². The van der Waals surface area contributed by atoms with Gasteiger partial charge in [-0.1, -0.05) is 17.7 Å². The Morgan fingerprint density at radius 3 is 2.38 bits per heavy atom. The van der Waals surface area contributed by atoms with E-state index >= 15 is 0 Å². The normalized spacial score (nSPS) is 12.4. The second-order valence-electron chi connectivity index (χ2n) is 2.77. The molecule has 0 saturated heterocycles. The third kappa shape index (κ3) is 2.99. The maximum absolute atomic E-state index is 11.4. The fourth-order valence-corrected chi connectivity index (χ4v) is 1.77. The number of carbonyl (C=O) groups is 1. The molecule has 0 heterocycles. The van der Waals surface area contributed by atoms with Gasteiger partial charge in [0.05, 0.1) is 10.8 Å². The van der Waals surface area contributed by atoms with Gasteiger partial charge in [-0.2, -0.15) is 0 Å². The van der Waals surface area contributed by atoms with Crippen LogP contribution in [0.3, 0.4) is 0 Å². The number of rotatable bonds is 3. The molecule has 1 atom stereocenters. The molecule has 1 rings (SSSR count). The summed E-state index contributed by atoms with van der Waals surface area (Å²) in [6.45, 7) is 1.95. The van der Waals surface area contributed by atoms with Crippen molar-refractivity contribution in [2.75, 3.05) is 5.75 Å². The van der Waals surface area contributed by atoms with Crippen molar-refractivity contribution in [3.05, 3.63) is 29.8 Å². The van der Waals surface area contributed by atoms with Gasteiger partial charge in [0.15, 0.2) is 0 Å². The zero-order chi connectivity index (χ0) is 9.84. The lowest BCUT2D eigenvalue weighted by atomic mass is 10.2. The molecule has 0 aromatic heterocycles. The molecule has 0 bridgehead atoms. The standard InChI is InChI=1S/C9H11NO2S/c1-7-2-4-8(5-3-7)13(12)6-9(10)11/h2-5H,6H2,1H3,(H2,10,11). The van der Waals surface area contributed by atoms with E-state index in [1.165, 1.54) is 0 Å². The Morgan fingerprint density at radius 1 is 1.38 bits per heavy atom. The minimum absolute atomic E-state index is 0.108. The lowest BCUT2D eigenvalue weighted by Crippen LogP contribution is -2.19. The number of aryl methyl sites for hydroxylation is 1. The number of hydrogen-bond acceptors (Lipinski definition) is 2. The monoisotopic (exact) mass is 197 g/mol. The van der Waals surface area contributed by atoms with Gasteiger partial charge in [0.25, 0.3) is 0 Å². The number of primary amides is 1. The van der Waals surface area contributed by atoms with Crippen molar-refractivity contribution >= 4 is 16.7 Å². The van der Waals surface area contributed by atoms with Gasteiger partial charge in [0.1, 0.15) is 5.75 Å². The van der Waals surface area contributed by atoms with Gasteiger partial charge < -0.3 is 5.73 Å². The summed E-state index contributed by atoms with van der Waals surface area (Å²) < 4.78 is 11.4. The second-order valence-corrected chi connectivity index (χ2v) is 4.22. The summed E-state index contributed by atoms with van der Waals surface area (Å²) in [6.07, 6.45) is 0. The topological polar surface area (TPSA) is 60.2 Å². The Labute approximate surface area is 79.4 Å². The molecule has 1 amide bonds. The highest BCUT2D eigenvalue weighted by molar-refractivity contribution is 7.85. The van der Waals surface area contributed by atoms with Gasteiger partial charge in [0, 0.05) is 4.90 Å². The molecule has 4 heteroatoms. The summed E-state index contributed by atoms with van der Waals surface area (Å²) in [6, 6.07) is 7.20. The van der Waals surface area contributed by atoms with Gasteiger partial charge in [-0.05, 0) is 19.1 Å². The fraction of sp³-hybridized carbons (Fsp3) is 0.222. The summed E-state index contributed by atoms with van der Waals surface area (Å²) in [4.78, 5) is 11.1. The molecule has 1 unspecified atom stereocenters. The largest absolute Gasteiger partial charge is 0.369 e. The predicted molar refractivity (Wildman–Crippen MR) is 51.6 cm³/mol. The number of benzene rings is 1. The third-order valence-electron chi connectivity index (χ3n) is 1.56. The first kappa shape index (κ1) is 9.92. The van der Waals surface area contributed by atoms with Crippen molar-refractivity contribution in [3.8, 4) is 0 Å². The van der Waals surface area contributed by atoms with E-state index in [0.29, 0.717) is 4.90 Å². The highest BCUT2D eigenvalue weighted by Gasteiger charge is 2.05. The molecule has 1 aromatic rings. The number of nitrogens with two attached hydrogens (primary N) is 1. The van der Waals surface area contributed by atoms with Crippen LogP contribution in [0.4, 0.5) is 0 Å². The van der Waals surface area contributed by atoms with Crippen molar-refractivity contribution < 1.29 is 9.00 Å². The summed E-state index contributed by atoms with van der Waals surface area (Å²) >= 11 is 0. The molecule has 13 heavy (non-hydrogen) atoms. The maximum Gasteiger partial charge on any atom is 0.230 e. The van der Waals surface area contributed by atoms with E-state index in [1.807, 2.05) is 19.1 Å². The van der Waals surface area contributed by atoms with Crippen molar-refractivity contribution in [2.45, 2.75) is 11.8 Å². The average molecular weight is 197 g/mol. The highest BCUT2D eigenvalue weighted by atomic mass is 32.2. The van der Waals surface area contributed by atoms with E-state index in [9.17, 15) is 9.00 Å². The summed E-state index contributed by atoms with van der Waals surface area (Å²) in [5, 5.41) is 0. The van der Waals surface area contributed by atoms with Crippen LogP contribution < -0.4 is 5.73 Å². The third-order valence-corrected chi connectivity index (χ3v) is 2.90. The van der Waals surface area contributed by atoms with Crippen LogP contribution in [0, 0.1) is 6.92 Å². The molecule has 70 valence electrons. The van der Waals surface area contributed by atoms with Gasteiger partial charge in [-0.3, -0.25) is 9.00 Å². The lowest BCUT2D eigenvalue weighted by molar-refractivity contribution is -0.115. The van der Waals surface area contributed by atoms with Crippen LogP contribution in [0.5, 0.6) is 0 Å². The van der Waals surface area contributed by atoms with Crippen molar-refractivity contribution in [1.29, 1.82) is 0 Å². The summed E-state index contributed by atoms with van der Waals surface area (Å²) in [5.74, 6) is -0.651. The molecule has 0 aliphatic carbocycles. The van der Waals surface area contributed by atoms with Gasteiger partial charge in [0.2, 0.25) is 5.91 Å². The molecule has 3 nitrogen and oxygen atoms in total. The molecule has 1 aromatic carbocycles. The van der Waals surface area contributed by atoms with Crippen LogP contribution >= 0.6 is 0 Å². The molecule has 0 aliphatic heterocycles. The minimum atomic E-state index is -1.30. The average Bonchev–Trinajstić information content (AvgIpc) is 2.04. The van der Waals surface area contributed by atoms with Crippen molar-refractivity contribution in [1.82, 2.24) is 0 Å². The number of amides is 1. The molecule has 2 N–H and O–H groups in total. The van der Waals surface area contributed by atoms with Crippen LogP contribution in [-0.4, -0.2) is 15.9 Å². The van der Waals surface area contributed by atoms with Gasteiger partial charge >= 0.3 is 0 Å². The van der Waals surface area contributed by atoms with Crippen LogP contribution in [-0.2, 0) is 15.6 Å². The first-order chi connectivity index (χ1) is 6.09. The Morgan fingerprint density at radius 2 is 1.92 bits per heavy atom. The van der Waals surface area contributed by atoms with Crippen LogP contribution in [0.15, 0.2) is 29.2 Å². The molecule has 0 aliphatic rings. The van der Waals surface area contributed by atoms with E-state index in [-0.39, 0.29) is 5.75 Å². The number of hydrogen-bond donors (Lipinski definition) is 1. The van der Waals surface area contributed by atoms with Crippen molar-refractivity contribution in [2.24, 2.45) is 5.73 Å². The first-order valence-electron chi connectivity index (χ1n) is 3.83. The van der Waals surface area contributed by atoms with Crippen LogP contribution in [0.1, 0.15) is 5.56 Å². The number of carbonyl (C=O) groups excluding carboxylic acids is 1. The maximum atomic E-state index is 11.4. The first-order valence-corrected chi connectivity index (χ1v) is 5.15. The molecule has 0 spiro atoms. The highest BCUT2D eigenvalue weighted by Crippen LogP contribution is 2.07. The van der Waals surface area contributed by atoms with Crippen LogP contribution in [0.2, 0.25) is 0 Å². The fourth-order valence-electron chi connectivity index (χ4n) is 0.903. The Hall–Kier alpha value is -1.16. The van der Waals surface area contributed by atoms with Gasteiger partial charge in [-0.25, -0.2) is 0 Å². The molecular formula is C9H11NO2S. The predicted octanol–water partition coefficient (Wildman–Crippen LogP) is 0.588. The molecule has 0 saturated carbocycles. The van der Waals surface area contributed by atoms with E-state index in [4.69, 9.17) is 5.73 Å². The zero-order valence-corrected chi connectivity index (χ0v) is 8.14. The SMILES string of the molecule is Cc1ccc(S(=O)CC(N)=O)cc1.